The SMILES string of the molecule is c1ccc(COc2ccc(CNCC3CCC3)cc2)cc1. The molecule has 0 saturated heterocycles. The number of ether oxygens (including phenoxy) is 1. The van der Waals surface area contributed by atoms with Crippen LogP contribution in [0.2, 0.25) is 0 Å². The number of benzene rings is 2. The fraction of sp³-hybridized carbons (Fsp3) is 0.368. The van der Waals surface area contributed by atoms with Gasteiger partial charge in [-0.3, -0.25) is 0 Å². The van der Waals surface area contributed by atoms with Crippen molar-refractivity contribution in [2.24, 2.45) is 5.92 Å². The van der Waals surface area contributed by atoms with Crippen molar-refractivity contribution in [3.05, 3.63) is 65.7 Å². The quantitative estimate of drug-likeness (QED) is 0.823. The molecule has 0 heterocycles. The molecule has 110 valence electrons. The van der Waals surface area contributed by atoms with Gasteiger partial charge >= 0.3 is 0 Å². The monoisotopic (exact) mass is 281 g/mol. The molecule has 2 aromatic rings. The molecule has 0 unspecified atom stereocenters. The first-order valence-electron chi connectivity index (χ1n) is 7.86. The minimum atomic E-state index is 0.625. The molecular formula is C19H23NO. The summed E-state index contributed by atoms with van der Waals surface area (Å²) in [5.41, 5.74) is 2.52. The average Bonchev–Trinajstić information content (AvgIpc) is 2.50. The van der Waals surface area contributed by atoms with Crippen LogP contribution in [-0.4, -0.2) is 6.54 Å². The van der Waals surface area contributed by atoms with Crippen molar-refractivity contribution >= 4 is 0 Å². The summed E-state index contributed by atoms with van der Waals surface area (Å²) >= 11 is 0. The van der Waals surface area contributed by atoms with Crippen LogP contribution in [0.15, 0.2) is 54.6 Å². The van der Waals surface area contributed by atoms with Crippen molar-refractivity contribution in [1.29, 1.82) is 0 Å². The second-order valence-corrected chi connectivity index (χ2v) is 5.85. The number of hydrogen-bond donors (Lipinski definition) is 1. The highest BCUT2D eigenvalue weighted by Crippen LogP contribution is 2.25. The van der Waals surface area contributed by atoms with E-state index in [1.54, 1.807) is 0 Å². The topological polar surface area (TPSA) is 21.3 Å². The Balaban J connectivity index is 1.42. The minimum absolute atomic E-state index is 0.625. The highest BCUT2D eigenvalue weighted by molar-refractivity contribution is 5.27. The fourth-order valence-electron chi connectivity index (χ4n) is 2.56. The van der Waals surface area contributed by atoms with Crippen molar-refractivity contribution in [3.63, 3.8) is 0 Å². The van der Waals surface area contributed by atoms with Crippen LogP contribution in [0.3, 0.4) is 0 Å². The van der Waals surface area contributed by atoms with Gasteiger partial charge in [0.2, 0.25) is 0 Å². The molecule has 3 rings (SSSR count). The van der Waals surface area contributed by atoms with Crippen LogP contribution < -0.4 is 10.1 Å². The highest BCUT2D eigenvalue weighted by Gasteiger charge is 2.16. The molecule has 0 radical (unpaired) electrons. The summed E-state index contributed by atoms with van der Waals surface area (Å²) in [7, 11) is 0. The van der Waals surface area contributed by atoms with Crippen molar-refractivity contribution in [2.45, 2.75) is 32.4 Å². The normalized spacial score (nSPS) is 14.7. The number of rotatable bonds is 7. The Morgan fingerprint density at radius 1 is 0.905 bits per heavy atom. The van der Waals surface area contributed by atoms with Crippen LogP contribution in [0.4, 0.5) is 0 Å². The van der Waals surface area contributed by atoms with Crippen molar-refractivity contribution in [2.75, 3.05) is 6.54 Å². The summed E-state index contributed by atoms with van der Waals surface area (Å²) in [5.74, 6) is 1.85. The summed E-state index contributed by atoms with van der Waals surface area (Å²) in [6, 6.07) is 18.7. The maximum absolute atomic E-state index is 5.80. The van der Waals surface area contributed by atoms with Gasteiger partial charge in [-0.25, -0.2) is 0 Å². The molecule has 2 aromatic carbocycles. The van der Waals surface area contributed by atoms with Gasteiger partial charge in [-0.05, 0) is 48.6 Å². The van der Waals surface area contributed by atoms with Gasteiger partial charge in [0.15, 0.2) is 0 Å². The maximum Gasteiger partial charge on any atom is 0.119 e. The lowest BCUT2D eigenvalue weighted by Crippen LogP contribution is -2.26. The van der Waals surface area contributed by atoms with Crippen molar-refractivity contribution in [3.8, 4) is 5.75 Å². The van der Waals surface area contributed by atoms with Gasteiger partial charge < -0.3 is 10.1 Å². The van der Waals surface area contributed by atoms with E-state index in [9.17, 15) is 0 Å². The average molecular weight is 281 g/mol. The molecule has 0 aliphatic heterocycles. The molecule has 1 fully saturated rings. The van der Waals surface area contributed by atoms with Crippen LogP contribution in [0.5, 0.6) is 5.75 Å². The summed E-state index contributed by atoms with van der Waals surface area (Å²) in [4.78, 5) is 0. The van der Waals surface area contributed by atoms with Crippen molar-refractivity contribution in [1.82, 2.24) is 5.32 Å². The number of nitrogens with one attached hydrogen (secondary N) is 1. The van der Waals surface area contributed by atoms with Gasteiger partial charge in [0.25, 0.3) is 0 Å². The first-order chi connectivity index (χ1) is 10.4. The molecule has 0 bridgehead atoms. The van der Waals surface area contributed by atoms with Gasteiger partial charge in [-0.15, -0.1) is 0 Å². The lowest BCUT2D eigenvalue weighted by atomic mass is 9.85. The Kier molecular flexibility index (Phi) is 4.90. The van der Waals surface area contributed by atoms with E-state index in [4.69, 9.17) is 4.74 Å². The standard InChI is InChI=1S/C19H23NO/c1-2-5-18(6-3-1)15-21-19-11-9-17(10-12-19)14-20-13-16-7-4-8-16/h1-3,5-6,9-12,16,20H,4,7-8,13-15H2. The molecule has 1 N–H and O–H groups in total. The minimum Gasteiger partial charge on any atom is -0.489 e. The first kappa shape index (κ1) is 14.2. The highest BCUT2D eigenvalue weighted by atomic mass is 16.5. The molecule has 0 aromatic heterocycles. The Labute approximate surface area is 127 Å². The predicted octanol–water partition coefficient (Wildman–Crippen LogP) is 4.16. The van der Waals surface area contributed by atoms with Gasteiger partial charge in [0, 0.05) is 6.54 Å². The van der Waals surface area contributed by atoms with Crippen molar-refractivity contribution < 1.29 is 4.74 Å². The predicted molar refractivity (Wildman–Crippen MR) is 86.3 cm³/mol. The first-order valence-corrected chi connectivity index (χ1v) is 7.86. The van der Waals surface area contributed by atoms with Crippen LogP contribution in [0.25, 0.3) is 0 Å². The van der Waals surface area contributed by atoms with Crippen LogP contribution in [0.1, 0.15) is 30.4 Å². The van der Waals surface area contributed by atoms with Crippen LogP contribution in [-0.2, 0) is 13.2 Å². The Morgan fingerprint density at radius 2 is 1.67 bits per heavy atom. The van der Waals surface area contributed by atoms with E-state index in [-0.39, 0.29) is 0 Å². The van der Waals surface area contributed by atoms with E-state index < -0.39 is 0 Å². The second-order valence-electron chi connectivity index (χ2n) is 5.85. The molecule has 1 saturated carbocycles. The van der Waals surface area contributed by atoms with Gasteiger partial charge in [-0.1, -0.05) is 48.9 Å². The fourth-order valence-corrected chi connectivity index (χ4v) is 2.56. The van der Waals surface area contributed by atoms with E-state index in [2.05, 4.69) is 41.7 Å². The summed E-state index contributed by atoms with van der Waals surface area (Å²) < 4.78 is 5.80. The lowest BCUT2D eigenvalue weighted by Gasteiger charge is -2.25. The smallest absolute Gasteiger partial charge is 0.119 e. The third kappa shape index (κ3) is 4.33. The summed E-state index contributed by atoms with van der Waals surface area (Å²) in [5, 5.41) is 3.54. The van der Waals surface area contributed by atoms with E-state index in [0.29, 0.717) is 6.61 Å². The van der Waals surface area contributed by atoms with Gasteiger partial charge in [0.1, 0.15) is 12.4 Å². The maximum atomic E-state index is 5.80. The Morgan fingerprint density at radius 3 is 2.33 bits per heavy atom. The molecular weight excluding hydrogens is 258 g/mol. The molecule has 2 nitrogen and oxygen atoms in total. The van der Waals surface area contributed by atoms with E-state index >= 15 is 0 Å². The zero-order chi connectivity index (χ0) is 14.3. The third-order valence-electron chi connectivity index (χ3n) is 4.16. The van der Waals surface area contributed by atoms with E-state index in [1.165, 1.54) is 30.4 Å². The summed E-state index contributed by atoms with van der Waals surface area (Å²) in [6.45, 7) is 2.74. The Bertz CT molecular complexity index is 531. The lowest BCUT2D eigenvalue weighted by molar-refractivity contribution is 0.301. The van der Waals surface area contributed by atoms with Gasteiger partial charge in [0.05, 0.1) is 0 Å². The molecule has 1 aliphatic carbocycles. The number of hydrogen-bond acceptors (Lipinski definition) is 2. The molecule has 1 aliphatic rings. The molecule has 0 amide bonds. The van der Waals surface area contributed by atoms with Crippen LogP contribution >= 0.6 is 0 Å². The zero-order valence-electron chi connectivity index (χ0n) is 12.4. The Hall–Kier alpha value is -1.80. The van der Waals surface area contributed by atoms with Gasteiger partial charge in [-0.2, -0.15) is 0 Å². The zero-order valence-corrected chi connectivity index (χ0v) is 12.4. The van der Waals surface area contributed by atoms with E-state index in [0.717, 1.165) is 24.8 Å². The largest absolute Gasteiger partial charge is 0.489 e. The second kappa shape index (κ2) is 7.28. The van der Waals surface area contributed by atoms with Crippen LogP contribution in [0, 0.1) is 5.92 Å². The molecule has 21 heavy (non-hydrogen) atoms. The molecule has 2 heteroatoms. The molecule has 0 spiro atoms. The molecule has 0 atom stereocenters. The van der Waals surface area contributed by atoms with E-state index in [1.807, 2.05) is 18.2 Å². The summed E-state index contributed by atoms with van der Waals surface area (Å²) in [6.07, 6.45) is 4.22. The third-order valence-corrected chi connectivity index (χ3v) is 4.16.